The van der Waals surface area contributed by atoms with Gasteiger partial charge in [0.2, 0.25) is 5.76 Å². The predicted molar refractivity (Wildman–Crippen MR) is 52.7 cm³/mol. The zero-order valence-corrected chi connectivity index (χ0v) is 7.91. The lowest BCUT2D eigenvalue weighted by Crippen LogP contribution is -1.91. The van der Waals surface area contributed by atoms with E-state index in [4.69, 9.17) is 21.1 Å². The van der Waals surface area contributed by atoms with Crippen molar-refractivity contribution in [2.45, 2.75) is 5.88 Å². The number of hydrogen-bond donors (Lipinski definition) is 1. The first-order valence-corrected chi connectivity index (χ1v) is 4.56. The molecule has 14 heavy (non-hydrogen) atoms. The summed E-state index contributed by atoms with van der Waals surface area (Å²) in [5.41, 5.74) is 1.43. The van der Waals surface area contributed by atoms with Crippen LogP contribution in [-0.4, -0.2) is 11.1 Å². The third-order valence-electron chi connectivity index (χ3n) is 2.01. The van der Waals surface area contributed by atoms with E-state index in [0.29, 0.717) is 11.5 Å². The number of carbonyl (C=O) groups is 1. The molecule has 3 nitrogen and oxygen atoms in total. The zero-order chi connectivity index (χ0) is 10.1. The summed E-state index contributed by atoms with van der Waals surface area (Å²) in [5, 5.41) is 9.49. The van der Waals surface area contributed by atoms with Crippen molar-refractivity contribution in [2.75, 3.05) is 0 Å². The molecule has 4 heteroatoms. The van der Waals surface area contributed by atoms with Crippen molar-refractivity contribution in [1.82, 2.24) is 0 Å². The van der Waals surface area contributed by atoms with Crippen LogP contribution >= 0.6 is 11.6 Å². The topological polar surface area (TPSA) is 50.4 Å². The molecule has 72 valence electrons. The lowest BCUT2D eigenvalue weighted by molar-refractivity contribution is 0.0665. The Bertz CT molecular complexity index is 487. The average Bonchev–Trinajstić information content (AvgIpc) is 2.60. The van der Waals surface area contributed by atoms with Crippen molar-refractivity contribution >= 4 is 28.5 Å². The quantitative estimate of drug-likeness (QED) is 0.776. The molecule has 0 fully saturated rings. The van der Waals surface area contributed by atoms with Gasteiger partial charge < -0.3 is 9.52 Å². The number of halogens is 1. The molecule has 1 heterocycles. The molecule has 2 aromatic rings. The molecule has 1 N–H and O–H groups in total. The van der Waals surface area contributed by atoms with Crippen LogP contribution in [0.2, 0.25) is 0 Å². The Balaban J connectivity index is 2.70. The maximum absolute atomic E-state index is 10.6. The van der Waals surface area contributed by atoms with E-state index in [1.165, 1.54) is 6.07 Å². The van der Waals surface area contributed by atoms with Crippen LogP contribution in [0.3, 0.4) is 0 Å². The Morgan fingerprint density at radius 2 is 2.29 bits per heavy atom. The minimum atomic E-state index is -1.07. The van der Waals surface area contributed by atoms with E-state index in [1.54, 1.807) is 12.1 Å². The maximum Gasteiger partial charge on any atom is 0.371 e. The monoisotopic (exact) mass is 210 g/mol. The summed E-state index contributed by atoms with van der Waals surface area (Å²) >= 11 is 5.71. The first-order valence-electron chi connectivity index (χ1n) is 4.03. The lowest BCUT2D eigenvalue weighted by Gasteiger charge is -1.94. The van der Waals surface area contributed by atoms with Crippen LogP contribution in [0.4, 0.5) is 0 Å². The van der Waals surface area contributed by atoms with E-state index in [9.17, 15) is 4.79 Å². The van der Waals surface area contributed by atoms with E-state index < -0.39 is 5.97 Å². The SMILES string of the molecule is O=C(O)c1cc2c(CCl)cccc2o1. The molecule has 0 aliphatic heterocycles. The third kappa shape index (κ3) is 1.36. The van der Waals surface area contributed by atoms with Crippen LogP contribution in [0, 0.1) is 0 Å². The highest BCUT2D eigenvalue weighted by atomic mass is 35.5. The Morgan fingerprint density at radius 3 is 2.93 bits per heavy atom. The molecule has 0 bridgehead atoms. The lowest BCUT2D eigenvalue weighted by atomic mass is 10.1. The van der Waals surface area contributed by atoms with Gasteiger partial charge in [-0.2, -0.15) is 0 Å². The summed E-state index contributed by atoms with van der Waals surface area (Å²) in [6.45, 7) is 0. The van der Waals surface area contributed by atoms with Gasteiger partial charge in [0.15, 0.2) is 0 Å². The maximum atomic E-state index is 10.6. The van der Waals surface area contributed by atoms with Crippen molar-refractivity contribution in [3.05, 3.63) is 35.6 Å². The number of furan rings is 1. The van der Waals surface area contributed by atoms with Gasteiger partial charge in [-0.15, -0.1) is 11.6 Å². The Kier molecular flexibility index (Phi) is 2.17. The van der Waals surface area contributed by atoms with Crippen LogP contribution in [0.1, 0.15) is 16.1 Å². The molecule has 2 rings (SSSR count). The number of carboxylic acids is 1. The second-order valence-corrected chi connectivity index (χ2v) is 3.15. The molecule has 1 aromatic heterocycles. The number of fused-ring (bicyclic) bond motifs is 1. The summed E-state index contributed by atoms with van der Waals surface area (Å²) < 4.78 is 5.11. The van der Waals surface area contributed by atoms with Gasteiger partial charge in [0.25, 0.3) is 0 Å². The molecule has 0 aliphatic rings. The van der Waals surface area contributed by atoms with Crippen LogP contribution < -0.4 is 0 Å². The first kappa shape index (κ1) is 9.09. The number of aromatic carboxylic acids is 1. The highest BCUT2D eigenvalue weighted by Gasteiger charge is 2.11. The summed E-state index contributed by atoms with van der Waals surface area (Å²) in [5.74, 6) is -0.782. The van der Waals surface area contributed by atoms with E-state index in [2.05, 4.69) is 0 Å². The molecule has 0 radical (unpaired) electrons. The van der Waals surface area contributed by atoms with Crippen LogP contribution in [-0.2, 0) is 5.88 Å². The highest BCUT2D eigenvalue weighted by molar-refractivity contribution is 6.18. The van der Waals surface area contributed by atoms with Gasteiger partial charge in [0.05, 0.1) is 0 Å². The van der Waals surface area contributed by atoms with Crippen molar-refractivity contribution in [3.63, 3.8) is 0 Å². The zero-order valence-electron chi connectivity index (χ0n) is 7.16. The standard InChI is InChI=1S/C10H7ClO3/c11-5-6-2-1-3-8-7(6)4-9(14-8)10(12)13/h1-4H,5H2,(H,12,13). The third-order valence-corrected chi connectivity index (χ3v) is 2.29. The van der Waals surface area contributed by atoms with E-state index >= 15 is 0 Å². The van der Waals surface area contributed by atoms with Gasteiger partial charge in [0.1, 0.15) is 5.58 Å². The second-order valence-electron chi connectivity index (χ2n) is 2.88. The summed E-state index contributed by atoms with van der Waals surface area (Å²) in [7, 11) is 0. The summed E-state index contributed by atoms with van der Waals surface area (Å²) in [4.78, 5) is 10.6. The number of rotatable bonds is 2. The van der Waals surface area contributed by atoms with Gasteiger partial charge in [0, 0.05) is 11.3 Å². The van der Waals surface area contributed by atoms with Crippen molar-refractivity contribution < 1.29 is 14.3 Å². The van der Waals surface area contributed by atoms with Crippen molar-refractivity contribution in [1.29, 1.82) is 0 Å². The second kappa shape index (κ2) is 3.35. The Labute approximate surface area is 84.9 Å². The van der Waals surface area contributed by atoms with Crippen LogP contribution in [0.25, 0.3) is 11.0 Å². The number of benzene rings is 1. The van der Waals surface area contributed by atoms with Crippen molar-refractivity contribution in [2.24, 2.45) is 0 Å². The fourth-order valence-electron chi connectivity index (χ4n) is 1.34. The molecule has 0 saturated heterocycles. The fraction of sp³-hybridized carbons (Fsp3) is 0.100. The largest absolute Gasteiger partial charge is 0.475 e. The van der Waals surface area contributed by atoms with Gasteiger partial charge in [-0.25, -0.2) is 4.79 Å². The first-order chi connectivity index (χ1) is 6.72. The normalized spacial score (nSPS) is 10.6. The average molecular weight is 211 g/mol. The highest BCUT2D eigenvalue weighted by Crippen LogP contribution is 2.24. The predicted octanol–water partition coefficient (Wildman–Crippen LogP) is 2.87. The van der Waals surface area contributed by atoms with Gasteiger partial charge >= 0.3 is 5.97 Å². The Hall–Kier alpha value is -1.48. The number of hydrogen-bond acceptors (Lipinski definition) is 2. The minimum absolute atomic E-state index is 0.0578. The molecular weight excluding hydrogens is 204 g/mol. The molecule has 0 spiro atoms. The van der Waals surface area contributed by atoms with Gasteiger partial charge in [-0.05, 0) is 17.7 Å². The smallest absolute Gasteiger partial charge is 0.371 e. The molecule has 0 amide bonds. The van der Waals surface area contributed by atoms with Crippen LogP contribution in [0.15, 0.2) is 28.7 Å². The van der Waals surface area contributed by atoms with Gasteiger partial charge in [-0.3, -0.25) is 0 Å². The molecular formula is C10H7ClO3. The molecule has 0 saturated carbocycles. The number of carboxylic acid groups (broad SMARTS) is 1. The van der Waals surface area contributed by atoms with E-state index in [1.807, 2.05) is 6.07 Å². The minimum Gasteiger partial charge on any atom is -0.475 e. The molecule has 0 aliphatic carbocycles. The molecule has 0 atom stereocenters. The summed E-state index contributed by atoms with van der Waals surface area (Å²) in [6, 6.07) is 6.85. The molecule has 1 aromatic carbocycles. The van der Waals surface area contributed by atoms with Gasteiger partial charge in [-0.1, -0.05) is 12.1 Å². The summed E-state index contributed by atoms with van der Waals surface area (Å²) in [6.07, 6.45) is 0. The number of alkyl halides is 1. The van der Waals surface area contributed by atoms with Crippen LogP contribution in [0.5, 0.6) is 0 Å². The molecule has 0 unspecified atom stereocenters. The fourth-order valence-corrected chi connectivity index (χ4v) is 1.58. The van der Waals surface area contributed by atoms with E-state index in [-0.39, 0.29) is 5.76 Å². The van der Waals surface area contributed by atoms with E-state index in [0.717, 1.165) is 10.9 Å². The van der Waals surface area contributed by atoms with Crippen molar-refractivity contribution in [3.8, 4) is 0 Å². The Morgan fingerprint density at radius 1 is 1.50 bits per heavy atom.